The Labute approximate surface area is 216 Å². The molecule has 2 aliphatic heterocycles. The molecule has 2 atom stereocenters. The lowest BCUT2D eigenvalue weighted by atomic mass is 9.95. The van der Waals surface area contributed by atoms with Crippen molar-refractivity contribution in [1.29, 1.82) is 5.41 Å². The second-order valence-electron chi connectivity index (χ2n) is 10.6. The van der Waals surface area contributed by atoms with Crippen molar-refractivity contribution in [3.05, 3.63) is 52.5 Å². The Bertz CT molecular complexity index is 1120. The number of ether oxygens (including phenoxy) is 1. The summed E-state index contributed by atoms with van der Waals surface area (Å²) in [6, 6.07) is 6.39. The van der Waals surface area contributed by atoms with Gasteiger partial charge in [0, 0.05) is 63.6 Å². The number of aromatic nitrogens is 2. The van der Waals surface area contributed by atoms with Gasteiger partial charge in [-0.05, 0) is 49.3 Å². The SMILES string of the molecule is CN/C(=C\C(=N)C(C)C)N1CCc2nc(-c3c(C)cccc3C)nc(N3CCC(OC)C(C)C3)c2C1. The van der Waals surface area contributed by atoms with E-state index >= 15 is 0 Å². The molecule has 1 fully saturated rings. The van der Waals surface area contributed by atoms with Gasteiger partial charge in [-0.15, -0.1) is 0 Å². The fourth-order valence-electron chi connectivity index (χ4n) is 5.44. The summed E-state index contributed by atoms with van der Waals surface area (Å²) in [4.78, 5) is 15.2. The van der Waals surface area contributed by atoms with Gasteiger partial charge < -0.3 is 25.3 Å². The van der Waals surface area contributed by atoms with Crippen molar-refractivity contribution in [2.45, 2.75) is 60.1 Å². The smallest absolute Gasteiger partial charge is 0.162 e. The summed E-state index contributed by atoms with van der Waals surface area (Å²) in [5.74, 6) is 3.49. The molecule has 1 saturated heterocycles. The molecule has 2 aliphatic rings. The number of fused-ring (bicyclic) bond motifs is 1. The largest absolute Gasteiger partial charge is 0.381 e. The zero-order valence-corrected chi connectivity index (χ0v) is 23.0. The third-order valence-corrected chi connectivity index (χ3v) is 7.68. The van der Waals surface area contributed by atoms with Gasteiger partial charge in [0.05, 0.1) is 11.8 Å². The van der Waals surface area contributed by atoms with Gasteiger partial charge in [0.15, 0.2) is 5.82 Å². The second-order valence-corrected chi connectivity index (χ2v) is 10.6. The van der Waals surface area contributed by atoms with Crippen molar-refractivity contribution in [2.24, 2.45) is 11.8 Å². The highest BCUT2D eigenvalue weighted by molar-refractivity contribution is 5.94. The van der Waals surface area contributed by atoms with Crippen molar-refractivity contribution >= 4 is 11.5 Å². The quantitative estimate of drug-likeness (QED) is 0.547. The summed E-state index contributed by atoms with van der Waals surface area (Å²) in [6.07, 6.45) is 4.09. The molecule has 1 aromatic carbocycles. The fraction of sp³-hybridized carbons (Fsp3) is 0.552. The predicted octanol–water partition coefficient (Wildman–Crippen LogP) is 4.72. The minimum absolute atomic E-state index is 0.188. The van der Waals surface area contributed by atoms with Crippen LogP contribution < -0.4 is 10.2 Å². The maximum atomic E-state index is 8.38. The van der Waals surface area contributed by atoms with Gasteiger partial charge in [-0.3, -0.25) is 0 Å². The first-order valence-corrected chi connectivity index (χ1v) is 13.2. The van der Waals surface area contributed by atoms with Crippen molar-refractivity contribution in [1.82, 2.24) is 20.2 Å². The summed E-state index contributed by atoms with van der Waals surface area (Å²) in [6.45, 7) is 14.1. The zero-order chi connectivity index (χ0) is 26.0. The Balaban J connectivity index is 1.78. The van der Waals surface area contributed by atoms with Gasteiger partial charge in [-0.25, -0.2) is 9.97 Å². The average Bonchev–Trinajstić information content (AvgIpc) is 2.86. The summed E-state index contributed by atoms with van der Waals surface area (Å²) >= 11 is 0. The number of aryl methyl sites for hydroxylation is 2. The first-order chi connectivity index (χ1) is 17.2. The van der Waals surface area contributed by atoms with E-state index in [9.17, 15) is 0 Å². The van der Waals surface area contributed by atoms with Gasteiger partial charge in [-0.1, -0.05) is 39.0 Å². The highest BCUT2D eigenvalue weighted by Crippen LogP contribution is 2.35. The number of rotatable bonds is 7. The van der Waals surface area contributed by atoms with Crippen LogP contribution in [0.2, 0.25) is 0 Å². The topological polar surface area (TPSA) is 77.4 Å². The van der Waals surface area contributed by atoms with E-state index in [0.29, 0.717) is 11.6 Å². The van der Waals surface area contributed by atoms with Crippen molar-refractivity contribution in [3.8, 4) is 11.4 Å². The van der Waals surface area contributed by atoms with Gasteiger partial charge in [-0.2, -0.15) is 0 Å². The maximum Gasteiger partial charge on any atom is 0.162 e. The molecule has 4 rings (SSSR count). The van der Waals surface area contributed by atoms with Crippen LogP contribution in [0, 0.1) is 31.1 Å². The van der Waals surface area contributed by atoms with Crippen LogP contribution in [0.4, 0.5) is 5.82 Å². The first-order valence-electron chi connectivity index (χ1n) is 13.2. The van der Waals surface area contributed by atoms with E-state index in [1.807, 2.05) is 20.2 Å². The normalized spacial score (nSPS) is 20.5. The number of hydrogen-bond acceptors (Lipinski definition) is 7. The van der Waals surface area contributed by atoms with Crippen LogP contribution in [0.1, 0.15) is 49.6 Å². The monoisotopic (exact) mass is 490 g/mol. The van der Waals surface area contributed by atoms with Crippen LogP contribution in [0.15, 0.2) is 30.1 Å². The summed E-state index contributed by atoms with van der Waals surface area (Å²) in [5, 5.41) is 11.7. The molecular weight excluding hydrogens is 448 g/mol. The van der Waals surface area contributed by atoms with E-state index < -0.39 is 0 Å². The highest BCUT2D eigenvalue weighted by atomic mass is 16.5. The number of nitrogens with zero attached hydrogens (tertiary/aromatic N) is 4. The second kappa shape index (κ2) is 11.0. The number of piperidine rings is 1. The summed E-state index contributed by atoms with van der Waals surface area (Å²) < 4.78 is 5.74. The standard InChI is InChI=1S/C29H42N6O/c1-18(2)23(30)15-26(31-6)34-13-11-24-22(17-34)29(35-14-12-25(36-7)21(5)16-35)33-28(32-24)27-19(3)9-8-10-20(27)4/h8-10,15,18,21,25,30-31H,11-14,16-17H2,1-7H3/b26-15+,30-23?. The number of allylic oxidation sites excluding steroid dienone is 1. The van der Waals surface area contributed by atoms with Crippen molar-refractivity contribution in [3.63, 3.8) is 0 Å². The number of hydrogen-bond donors (Lipinski definition) is 2. The van der Waals surface area contributed by atoms with Gasteiger partial charge >= 0.3 is 0 Å². The van der Waals surface area contributed by atoms with Crippen molar-refractivity contribution in [2.75, 3.05) is 38.7 Å². The lowest BCUT2D eigenvalue weighted by molar-refractivity contribution is 0.0442. The third kappa shape index (κ3) is 5.26. The molecule has 1 aromatic heterocycles. The third-order valence-electron chi connectivity index (χ3n) is 7.68. The van der Waals surface area contributed by atoms with E-state index in [0.717, 1.165) is 67.7 Å². The van der Waals surface area contributed by atoms with Crippen LogP contribution in [0.25, 0.3) is 11.4 Å². The number of nitrogens with one attached hydrogen (secondary N) is 2. The fourth-order valence-corrected chi connectivity index (χ4v) is 5.44. The molecule has 7 heteroatoms. The number of benzene rings is 1. The van der Waals surface area contributed by atoms with E-state index in [1.54, 1.807) is 0 Å². The minimum atomic E-state index is 0.188. The molecule has 0 saturated carbocycles. The van der Waals surface area contributed by atoms with E-state index in [-0.39, 0.29) is 12.0 Å². The molecule has 2 aromatic rings. The molecule has 0 bridgehead atoms. The molecule has 2 N–H and O–H groups in total. The Morgan fingerprint density at radius 3 is 2.53 bits per heavy atom. The van der Waals surface area contributed by atoms with Crippen LogP contribution in [0.5, 0.6) is 0 Å². The Kier molecular flexibility index (Phi) is 7.98. The molecule has 7 nitrogen and oxygen atoms in total. The van der Waals surface area contributed by atoms with E-state index in [4.69, 9.17) is 20.1 Å². The van der Waals surface area contributed by atoms with Gasteiger partial charge in [0.2, 0.25) is 0 Å². The molecule has 0 amide bonds. The Morgan fingerprint density at radius 1 is 1.19 bits per heavy atom. The molecule has 194 valence electrons. The van der Waals surface area contributed by atoms with Crippen molar-refractivity contribution < 1.29 is 4.74 Å². The molecule has 0 radical (unpaired) electrons. The lowest BCUT2D eigenvalue weighted by Crippen LogP contribution is -2.44. The highest BCUT2D eigenvalue weighted by Gasteiger charge is 2.32. The Morgan fingerprint density at radius 2 is 1.92 bits per heavy atom. The van der Waals surface area contributed by atoms with Gasteiger partial charge in [0.1, 0.15) is 11.6 Å². The average molecular weight is 491 g/mol. The zero-order valence-electron chi connectivity index (χ0n) is 23.0. The van der Waals surface area contributed by atoms with Crippen LogP contribution in [-0.4, -0.2) is 60.5 Å². The van der Waals surface area contributed by atoms with Crippen LogP contribution >= 0.6 is 0 Å². The molecular formula is C29H42N6O. The van der Waals surface area contributed by atoms with Crippen LogP contribution in [-0.2, 0) is 17.7 Å². The first kappa shape index (κ1) is 26.1. The lowest BCUT2D eigenvalue weighted by Gasteiger charge is -2.40. The summed E-state index contributed by atoms with van der Waals surface area (Å²) in [5.41, 5.74) is 6.53. The molecule has 3 heterocycles. The van der Waals surface area contributed by atoms with E-state index in [2.05, 4.69) is 67.9 Å². The summed E-state index contributed by atoms with van der Waals surface area (Å²) in [7, 11) is 3.76. The molecule has 0 aliphatic carbocycles. The maximum absolute atomic E-state index is 8.38. The number of anilines is 1. The molecule has 36 heavy (non-hydrogen) atoms. The molecule has 0 spiro atoms. The van der Waals surface area contributed by atoms with Crippen LogP contribution in [0.3, 0.4) is 0 Å². The van der Waals surface area contributed by atoms with Gasteiger partial charge in [0.25, 0.3) is 0 Å². The Hall–Kier alpha value is -2.93. The predicted molar refractivity (Wildman–Crippen MR) is 148 cm³/mol. The minimum Gasteiger partial charge on any atom is -0.381 e. The molecule has 2 unspecified atom stereocenters. The number of methoxy groups -OCH3 is 1. The van der Waals surface area contributed by atoms with E-state index in [1.165, 1.54) is 16.7 Å².